The number of carbonyl (C=O) groups is 2. The van der Waals surface area contributed by atoms with Crippen molar-refractivity contribution in [2.75, 3.05) is 17.1 Å². The molecule has 3 aromatic rings. The van der Waals surface area contributed by atoms with Crippen LogP contribution in [-0.2, 0) is 32.6 Å². The molecule has 0 aliphatic heterocycles. The first-order valence-corrected chi connectivity index (χ1v) is 16.3. The smallest absolute Gasteiger partial charge is 0.244 e. The molecule has 0 spiro atoms. The molecule has 3 aromatic carbocycles. The summed E-state index contributed by atoms with van der Waals surface area (Å²) in [6, 6.07) is 21.5. The summed E-state index contributed by atoms with van der Waals surface area (Å²) in [4.78, 5) is 29.6. The Morgan fingerprint density at radius 3 is 2.14 bits per heavy atom. The van der Waals surface area contributed by atoms with Gasteiger partial charge >= 0.3 is 0 Å². The van der Waals surface area contributed by atoms with Crippen LogP contribution in [0.4, 0.5) is 10.1 Å². The number of halogens is 1. The Bertz CT molecular complexity index is 1460. The maximum atomic E-state index is 14.3. The number of carbonyl (C=O) groups excluding carboxylic acids is 2. The van der Waals surface area contributed by atoms with E-state index in [0.717, 1.165) is 47.4 Å². The van der Waals surface area contributed by atoms with E-state index in [4.69, 9.17) is 0 Å². The van der Waals surface area contributed by atoms with Gasteiger partial charge in [0, 0.05) is 19.0 Å². The number of anilines is 1. The van der Waals surface area contributed by atoms with E-state index in [9.17, 15) is 22.4 Å². The maximum absolute atomic E-state index is 14.3. The second kappa shape index (κ2) is 14.0. The van der Waals surface area contributed by atoms with Crippen molar-refractivity contribution < 1.29 is 22.4 Å². The number of nitrogens with one attached hydrogen (secondary N) is 1. The Kier molecular flexibility index (Phi) is 10.4. The van der Waals surface area contributed by atoms with Gasteiger partial charge in [0.1, 0.15) is 18.4 Å². The van der Waals surface area contributed by atoms with Gasteiger partial charge in [0.25, 0.3) is 0 Å². The van der Waals surface area contributed by atoms with E-state index >= 15 is 0 Å². The van der Waals surface area contributed by atoms with Crippen LogP contribution in [0.15, 0.2) is 78.9 Å². The van der Waals surface area contributed by atoms with Crippen molar-refractivity contribution in [3.05, 3.63) is 101 Å². The molecule has 1 aliphatic carbocycles. The Labute approximate surface area is 248 Å². The minimum atomic E-state index is -3.87. The molecule has 42 heavy (non-hydrogen) atoms. The van der Waals surface area contributed by atoms with Crippen molar-refractivity contribution in [2.45, 2.75) is 70.5 Å². The molecule has 1 aliphatic rings. The van der Waals surface area contributed by atoms with Crippen LogP contribution in [0.25, 0.3) is 0 Å². The molecule has 9 heteroatoms. The molecule has 224 valence electrons. The molecule has 1 atom stereocenters. The highest BCUT2D eigenvalue weighted by atomic mass is 32.2. The summed E-state index contributed by atoms with van der Waals surface area (Å²) < 4.78 is 41.1. The number of rotatable bonds is 12. The fourth-order valence-corrected chi connectivity index (χ4v) is 6.37. The summed E-state index contributed by atoms with van der Waals surface area (Å²) in [7, 11) is -3.87. The monoisotopic (exact) mass is 593 g/mol. The first kappa shape index (κ1) is 31.2. The van der Waals surface area contributed by atoms with Gasteiger partial charge in [-0.05, 0) is 53.6 Å². The molecule has 2 amide bonds. The van der Waals surface area contributed by atoms with Crippen molar-refractivity contribution in [1.82, 2.24) is 10.2 Å². The zero-order valence-corrected chi connectivity index (χ0v) is 25.3. The molecule has 1 N–H and O–H groups in total. The van der Waals surface area contributed by atoms with Gasteiger partial charge in [-0.15, -0.1) is 0 Å². The molecule has 0 saturated heterocycles. The molecule has 0 aromatic heterocycles. The molecule has 0 heterocycles. The van der Waals surface area contributed by atoms with Gasteiger partial charge in [-0.3, -0.25) is 13.9 Å². The predicted octanol–water partition coefficient (Wildman–Crippen LogP) is 5.41. The number of amides is 2. The van der Waals surface area contributed by atoms with Crippen LogP contribution in [0.1, 0.15) is 62.1 Å². The SMILES string of the molecule is CC(C)c1ccccc1N(CC(=O)N(Cc1ccc(F)cc1)[C@@H](Cc1ccccc1)C(=O)NC1CCCC1)S(C)(=O)=O. The van der Waals surface area contributed by atoms with Gasteiger partial charge in [0.2, 0.25) is 21.8 Å². The standard InChI is InChI=1S/C33H40FN3O4S/c1-24(2)29-15-9-10-16-30(29)37(42(3,40)41)23-32(38)36(22-26-17-19-27(34)20-18-26)31(21-25-11-5-4-6-12-25)33(39)35-28-13-7-8-14-28/h4-6,9-12,15-20,24,28,31H,7-8,13-14,21-23H2,1-3H3,(H,35,39)/t31-/m0/s1. The van der Waals surface area contributed by atoms with Crippen LogP contribution in [0.3, 0.4) is 0 Å². The Hall–Kier alpha value is -3.72. The highest BCUT2D eigenvalue weighted by Gasteiger charge is 2.34. The number of hydrogen-bond donors (Lipinski definition) is 1. The van der Waals surface area contributed by atoms with Crippen LogP contribution in [0.5, 0.6) is 0 Å². The van der Waals surface area contributed by atoms with Crippen LogP contribution in [0, 0.1) is 5.82 Å². The number of para-hydroxylation sites is 1. The third-order valence-electron chi connectivity index (χ3n) is 7.75. The molecule has 4 rings (SSSR count). The van der Waals surface area contributed by atoms with Crippen LogP contribution >= 0.6 is 0 Å². The zero-order chi connectivity index (χ0) is 30.3. The molecule has 1 fully saturated rings. The third kappa shape index (κ3) is 8.18. The predicted molar refractivity (Wildman–Crippen MR) is 164 cm³/mol. The minimum Gasteiger partial charge on any atom is -0.352 e. The second-order valence-corrected chi connectivity index (χ2v) is 13.2. The Morgan fingerprint density at radius 1 is 0.905 bits per heavy atom. The molecule has 0 bridgehead atoms. The van der Waals surface area contributed by atoms with E-state index in [-0.39, 0.29) is 30.8 Å². The van der Waals surface area contributed by atoms with Gasteiger partial charge in [0.05, 0.1) is 11.9 Å². The highest BCUT2D eigenvalue weighted by Crippen LogP contribution is 2.29. The normalized spacial score (nSPS) is 14.5. The van der Waals surface area contributed by atoms with E-state index in [2.05, 4.69) is 5.32 Å². The number of nitrogens with zero attached hydrogens (tertiary/aromatic N) is 2. The van der Waals surface area contributed by atoms with Crippen molar-refractivity contribution in [3.63, 3.8) is 0 Å². The van der Waals surface area contributed by atoms with E-state index < -0.39 is 34.3 Å². The summed E-state index contributed by atoms with van der Waals surface area (Å²) in [5, 5.41) is 3.14. The summed E-state index contributed by atoms with van der Waals surface area (Å²) >= 11 is 0. The third-order valence-corrected chi connectivity index (χ3v) is 8.87. The topological polar surface area (TPSA) is 86.8 Å². The average Bonchev–Trinajstić information content (AvgIpc) is 3.47. The Balaban J connectivity index is 1.75. The fourth-order valence-electron chi connectivity index (χ4n) is 5.51. The van der Waals surface area contributed by atoms with Crippen molar-refractivity contribution in [3.8, 4) is 0 Å². The molecular weight excluding hydrogens is 553 g/mol. The van der Waals surface area contributed by atoms with E-state index in [1.807, 2.05) is 56.3 Å². The number of sulfonamides is 1. The van der Waals surface area contributed by atoms with E-state index in [0.29, 0.717) is 11.3 Å². The second-order valence-electron chi connectivity index (χ2n) is 11.3. The summed E-state index contributed by atoms with van der Waals surface area (Å²) in [5.41, 5.74) is 2.72. The fraction of sp³-hybridized carbons (Fsp3) is 0.394. The van der Waals surface area contributed by atoms with Gasteiger partial charge in [-0.25, -0.2) is 12.8 Å². The van der Waals surface area contributed by atoms with Gasteiger partial charge in [-0.2, -0.15) is 0 Å². The highest BCUT2D eigenvalue weighted by molar-refractivity contribution is 7.92. The minimum absolute atomic E-state index is 0.0120. The number of benzene rings is 3. The summed E-state index contributed by atoms with van der Waals surface area (Å²) in [6.45, 7) is 3.46. The largest absolute Gasteiger partial charge is 0.352 e. The van der Waals surface area contributed by atoms with Crippen LogP contribution in [0.2, 0.25) is 0 Å². The van der Waals surface area contributed by atoms with Crippen molar-refractivity contribution in [1.29, 1.82) is 0 Å². The van der Waals surface area contributed by atoms with Crippen LogP contribution in [-0.4, -0.2) is 50.0 Å². The molecule has 0 radical (unpaired) electrons. The molecule has 1 saturated carbocycles. The molecule has 0 unspecified atom stereocenters. The average molecular weight is 594 g/mol. The van der Waals surface area contributed by atoms with E-state index in [1.165, 1.54) is 17.0 Å². The first-order chi connectivity index (χ1) is 20.0. The van der Waals surface area contributed by atoms with Crippen molar-refractivity contribution in [2.24, 2.45) is 0 Å². The lowest BCUT2D eigenvalue weighted by Gasteiger charge is -2.34. The van der Waals surface area contributed by atoms with Gasteiger partial charge < -0.3 is 10.2 Å². The van der Waals surface area contributed by atoms with Crippen LogP contribution < -0.4 is 9.62 Å². The number of hydrogen-bond acceptors (Lipinski definition) is 4. The zero-order valence-electron chi connectivity index (χ0n) is 24.5. The lowest BCUT2D eigenvalue weighted by atomic mass is 10.0. The maximum Gasteiger partial charge on any atom is 0.244 e. The van der Waals surface area contributed by atoms with Gasteiger partial charge in [-0.1, -0.05) is 87.4 Å². The lowest BCUT2D eigenvalue weighted by Crippen LogP contribution is -2.54. The lowest BCUT2D eigenvalue weighted by molar-refractivity contribution is -0.140. The Morgan fingerprint density at radius 2 is 1.52 bits per heavy atom. The van der Waals surface area contributed by atoms with E-state index in [1.54, 1.807) is 24.3 Å². The quantitative estimate of drug-likeness (QED) is 0.304. The first-order valence-electron chi connectivity index (χ1n) is 14.5. The van der Waals surface area contributed by atoms with Gasteiger partial charge in [0.15, 0.2) is 0 Å². The molecular formula is C33H40FN3O4S. The summed E-state index contributed by atoms with van der Waals surface area (Å²) in [6.07, 6.45) is 5.15. The summed E-state index contributed by atoms with van der Waals surface area (Å²) in [5.74, 6) is -1.20. The molecule has 7 nitrogen and oxygen atoms in total. The van der Waals surface area contributed by atoms with Crippen molar-refractivity contribution >= 4 is 27.5 Å².